The first-order valence-electron chi connectivity index (χ1n) is 10.3. The van der Waals surface area contributed by atoms with Crippen molar-refractivity contribution in [3.63, 3.8) is 0 Å². The van der Waals surface area contributed by atoms with Gasteiger partial charge in [-0.1, -0.05) is 12.1 Å². The van der Waals surface area contributed by atoms with E-state index in [9.17, 15) is 9.90 Å². The van der Waals surface area contributed by atoms with Crippen molar-refractivity contribution in [2.24, 2.45) is 7.05 Å². The Morgan fingerprint density at radius 2 is 1.94 bits per heavy atom. The Kier molecular flexibility index (Phi) is 5.97. The first-order valence-corrected chi connectivity index (χ1v) is 10.3. The summed E-state index contributed by atoms with van der Waals surface area (Å²) in [7, 11) is 3.33. The van der Waals surface area contributed by atoms with Gasteiger partial charge < -0.3 is 15.2 Å². The molecule has 0 unspecified atom stereocenters. The number of nitrogens with zero attached hydrogens (tertiary/aromatic N) is 7. The van der Waals surface area contributed by atoms with Gasteiger partial charge in [-0.2, -0.15) is 15.5 Å². The van der Waals surface area contributed by atoms with Gasteiger partial charge in [0, 0.05) is 29.9 Å². The third-order valence-corrected chi connectivity index (χ3v) is 5.38. The van der Waals surface area contributed by atoms with E-state index in [0.29, 0.717) is 51.4 Å². The molecule has 0 radical (unpaired) electrons. The van der Waals surface area contributed by atoms with Crippen LogP contribution in [0, 0.1) is 25.2 Å². The van der Waals surface area contributed by atoms with E-state index in [1.165, 1.54) is 6.33 Å². The van der Waals surface area contributed by atoms with Gasteiger partial charge in [-0.05, 0) is 26.0 Å². The van der Waals surface area contributed by atoms with Crippen LogP contribution in [0.1, 0.15) is 22.5 Å². The van der Waals surface area contributed by atoms with Crippen LogP contribution < -0.4 is 10.1 Å². The number of nitrogens with one attached hydrogen (secondary N) is 1. The predicted octanol–water partition coefficient (Wildman–Crippen LogP) is 2.93. The van der Waals surface area contributed by atoms with Crippen molar-refractivity contribution in [2.45, 2.75) is 20.3 Å². The minimum atomic E-state index is -0.919. The van der Waals surface area contributed by atoms with E-state index in [2.05, 4.69) is 31.6 Å². The summed E-state index contributed by atoms with van der Waals surface area (Å²) in [5.74, 6) is 1.14. The Morgan fingerprint density at radius 3 is 2.59 bits per heavy atom. The molecule has 2 N–H and O–H groups in total. The van der Waals surface area contributed by atoms with Crippen LogP contribution in [0.5, 0.6) is 5.75 Å². The SMILES string of the molecule is COc1c(-c2ccc(C#N)cc2)nn(C)c1Nc1cc(-n2nc(C)c(CC(=O)O)c2C)ncn1. The lowest BCUT2D eigenvalue weighted by molar-refractivity contribution is -0.136. The topological polar surface area (TPSA) is 144 Å². The maximum Gasteiger partial charge on any atom is 0.307 e. The second-order valence-corrected chi connectivity index (χ2v) is 7.56. The van der Waals surface area contributed by atoms with E-state index in [4.69, 9.17) is 10.00 Å². The number of benzene rings is 1. The Hall–Kier alpha value is -4.72. The number of carboxylic acid groups (broad SMARTS) is 1. The molecule has 0 spiro atoms. The number of carboxylic acids is 1. The van der Waals surface area contributed by atoms with Crippen LogP contribution >= 0.6 is 0 Å². The van der Waals surface area contributed by atoms with Crippen LogP contribution in [0.4, 0.5) is 11.6 Å². The lowest BCUT2D eigenvalue weighted by Gasteiger charge is -2.10. The first-order chi connectivity index (χ1) is 16.3. The summed E-state index contributed by atoms with van der Waals surface area (Å²) in [6, 6.07) is 10.9. The van der Waals surface area contributed by atoms with Crippen LogP contribution in [-0.2, 0) is 18.3 Å². The van der Waals surface area contributed by atoms with E-state index in [1.807, 2.05) is 19.1 Å². The highest BCUT2D eigenvalue weighted by atomic mass is 16.5. The van der Waals surface area contributed by atoms with Crippen molar-refractivity contribution in [3.8, 4) is 28.9 Å². The highest BCUT2D eigenvalue weighted by Crippen LogP contribution is 2.37. The highest BCUT2D eigenvalue weighted by molar-refractivity contribution is 5.76. The lowest BCUT2D eigenvalue weighted by atomic mass is 10.1. The van der Waals surface area contributed by atoms with Crippen molar-refractivity contribution >= 4 is 17.6 Å². The van der Waals surface area contributed by atoms with E-state index < -0.39 is 5.97 Å². The van der Waals surface area contributed by atoms with E-state index in [1.54, 1.807) is 48.6 Å². The summed E-state index contributed by atoms with van der Waals surface area (Å²) in [5.41, 5.74) is 3.96. The molecule has 4 rings (SSSR count). The van der Waals surface area contributed by atoms with Crippen LogP contribution in [-0.4, -0.2) is 47.7 Å². The normalized spacial score (nSPS) is 10.7. The fourth-order valence-electron chi connectivity index (χ4n) is 3.68. The molecule has 0 saturated carbocycles. The number of carbonyl (C=O) groups is 1. The van der Waals surface area contributed by atoms with Crippen LogP contribution in [0.2, 0.25) is 0 Å². The zero-order chi connectivity index (χ0) is 24.4. The van der Waals surface area contributed by atoms with Gasteiger partial charge in [0.25, 0.3) is 0 Å². The fourth-order valence-corrected chi connectivity index (χ4v) is 3.68. The van der Waals surface area contributed by atoms with Gasteiger partial charge in [-0.25, -0.2) is 19.3 Å². The molecule has 0 aliphatic carbocycles. The summed E-state index contributed by atoms with van der Waals surface area (Å²) in [6.45, 7) is 3.58. The van der Waals surface area contributed by atoms with Gasteiger partial charge in [0.2, 0.25) is 0 Å². The Balaban J connectivity index is 1.69. The molecule has 1 aromatic carbocycles. The third-order valence-electron chi connectivity index (χ3n) is 5.38. The zero-order valence-corrected chi connectivity index (χ0v) is 19.1. The van der Waals surface area contributed by atoms with E-state index in [0.717, 1.165) is 5.56 Å². The van der Waals surface area contributed by atoms with Crippen LogP contribution in [0.3, 0.4) is 0 Å². The summed E-state index contributed by atoms with van der Waals surface area (Å²) in [5, 5.41) is 30.5. The van der Waals surface area contributed by atoms with Gasteiger partial charge in [0.15, 0.2) is 17.4 Å². The predicted molar refractivity (Wildman–Crippen MR) is 123 cm³/mol. The molecule has 0 saturated heterocycles. The smallest absolute Gasteiger partial charge is 0.307 e. The number of ether oxygens (including phenoxy) is 1. The van der Waals surface area contributed by atoms with Gasteiger partial charge >= 0.3 is 5.97 Å². The van der Waals surface area contributed by atoms with Gasteiger partial charge in [0.05, 0.1) is 30.9 Å². The molecule has 0 atom stereocenters. The Bertz CT molecular complexity index is 1410. The summed E-state index contributed by atoms with van der Waals surface area (Å²) in [6.07, 6.45) is 1.29. The average molecular weight is 458 g/mol. The molecule has 0 bridgehead atoms. The van der Waals surface area contributed by atoms with Crippen molar-refractivity contribution in [2.75, 3.05) is 12.4 Å². The number of aromatic nitrogens is 6. The maximum atomic E-state index is 11.2. The van der Waals surface area contributed by atoms with Crippen molar-refractivity contribution < 1.29 is 14.6 Å². The van der Waals surface area contributed by atoms with Crippen molar-refractivity contribution in [1.29, 1.82) is 5.26 Å². The Morgan fingerprint density at radius 1 is 1.21 bits per heavy atom. The highest BCUT2D eigenvalue weighted by Gasteiger charge is 2.20. The summed E-state index contributed by atoms with van der Waals surface area (Å²) in [4.78, 5) is 19.8. The zero-order valence-electron chi connectivity index (χ0n) is 19.1. The largest absolute Gasteiger partial charge is 0.491 e. The van der Waals surface area contributed by atoms with Crippen LogP contribution in [0.15, 0.2) is 36.7 Å². The number of nitriles is 1. The molecule has 0 aliphatic heterocycles. The number of methoxy groups -OCH3 is 1. The molecule has 0 fully saturated rings. The van der Waals surface area contributed by atoms with Crippen molar-refractivity contribution in [3.05, 3.63) is 59.2 Å². The monoisotopic (exact) mass is 458 g/mol. The fraction of sp³-hybridized carbons (Fsp3) is 0.217. The summed E-state index contributed by atoms with van der Waals surface area (Å²) < 4.78 is 8.88. The number of hydrogen-bond donors (Lipinski definition) is 2. The van der Waals surface area contributed by atoms with Gasteiger partial charge in [0.1, 0.15) is 17.8 Å². The minimum absolute atomic E-state index is 0.113. The lowest BCUT2D eigenvalue weighted by Crippen LogP contribution is -2.07. The first kappa shape index (κ1) is 22.5. The molecule has 3 aromatic heterocycles. The molecule has 11 nitrogen and oxygen atoms in total. The molecule has 4 aromatic rings. The van der Waals surface area contributed by atoms with Crippen LogP contribution in [0.25, 0.3) is 17.1 Å². The van der Waals surface area contributed by atoms with Crippen molar-refractivity contribution in [1.82, 2.24) is 29.5 Å². The number of aryl methyl sites for hydroxylation is 2. The molecule has 0 aliphatic rings. The molecule has 172 valence electrons. The third kappa shape index (κ3) is 4.16. The second-order valence-electron chi connectivity index (χ2n) is 7.56. The number of anilines is 2. The Labute approximate surface area is 195 Å². The second kappa shape index (κ2) is 9.03. The number of aliphatic carboxylic acids is 1. The molecular weight excluding hydrogens is 436 g/mol. The van der Waals surface area contributed by atoms with Gasteiger partial charge in [-0.15, -0.1) is 0 Å². The van der Waals surface area contributed by atoms with E-state index in [-0.39, 0.29) is 6.42 Å². The molecule has 3 heterocycles. The number of hydrogen-bond acceptors (Lipinski definition) is 8. The average Bonchev–Trinajstić information content (AvgIpc) is 3.29. The minimum Gasteiger partial charge on any atom is -0.491 e. The molecule has 34 heavy (non-hydrogen) atoms. The van der Waals surface area contributed by atoms with Gasteiger partial charge in [-0.3, -0.25) is 4.79 Å². The quantitative estimate of drug-likeness (QED) is 0.427. The molecular formula is C23H22N8O3. The molecule has 0 amide bonds. The van der Waals surface area contributed by atoms with E-state index >= 15 is 0 Å². The molecule has 11 heteroatoms. The maximum absolute atomic E-state index is 11.2. The summed E-state index contributed by atoms with van der Waals surface area (Å²) >= 11 is 0. The number of rotatable bonds is 7. The standard InChI is InChI=1S/C23H22N8O3/c1-13-17(9-20(32)33)14(2)31(28-13)19-10-18(25-12-26-19)27-23-22(34-4)21(29-30(23)3)16-7-5-15(11-24)6-8-16/h5-8,10,12H,9H2,1-4H3,(H,32,33)(H,25,26,27).